The van der Waals surface area contributed by atoms with Gasteiger partial charge in [0, 0.05) is 22.8 Å². The van der Waals surface area contributed by atoms with Crippen LogP contribution in [-0.4, -0.2) is 33.6 Å². The number of epoxide rings is 1. The number of allylic oxidation sites excluding steroid dienone is 16. The van der Waals surface area contributed by atoms with Gasteiger partial charge in [-0.2, -0.15) is 0 Å². The van der Waals surface area contributed by atoms with Crippen LogP contribution in [0.5, 0.6) is 0 Å². The summed E-state index contributed by atoms with van der Waals surface area (Å²) in [6.07, 6.45) is 29.2. The molecular formula is C39H52O3. The number of hydrogen-bond acceptors (Lipinski definition) is 3. The molecule has 0 aromatic rings. The maximum absolute atomic E-state index is 10.2. The second-order valence-electron chi connectivity index (χ2n) is 13.9. The van der Waals surface area contributed by atoms with Gasteiger partial charge in [-0.3, -0.25) is 0 Å². The summed E-state index contributed by atoms with van der Waals surface area (Å²) in [5.74, 6) is 6.67. The molecule has 1 saturated heterocycles. The molecule has 1 heterocycles. The molecule has 0 amide bonds. The fourth-order valence-corrected chi connectivity index (χ4v) is 6.73. The first-order valence-corrected chi connectivity index (χ1v) is 15.3. The van der Waals surface area contributed by atoms with Crippen LogP contribution in [0.3, 0.4) is 0 Å². The monoisotopic (exact) mass is 568 g/mol. The van der Waals surface area contributed by atoms with Gasteiger partial charge >= 0.3 is 0 Å². The molecule has 0 aromatic heterocycles. The van der Waals surface area contributed by atoms with Crippen LogP contribution in [-0.2, 0) is 4.74 Å². The molecule has 0 aromatic carbocycles. The van der Waals surface area contributed by atoms with Gasteiger partial charge in [0.2, 0.25) is 0 Å². The summed E-state index contributed by atoms with van der Waals surface area (Å²) < 4.78 is 6.23. The van der Waals surface area contributed by atoms with Crippen LogP contribution in [0.15, 0.2) is 107 Å². The van der Waals surface area contributed by atoms with E-state index in [1.165, 1.54) is 11.1 Å². The Morgan fingerprint density at radius 1 is 0.762 bits per heavy atom. The minimum atomic E-state index is -0.290. The van der Waals surface area contributed by atoms with E-state index in [4.69, 9.17) is 4.74 Å². The summed E-state index contributed by atoms with van der Waals surface area (Å²) in [4.78, 5) is 0. The van der Waals surface area contributed by atoms with Gasteiger partial charge in [0.15, 0.2) is 0 Å². The van der Waals surface area contributed by atoms with Crippen molar-refractivity contribution in [2.75, 3.05) is 0 Å². The van der Waals surface area contributed by atoms with Gasteiger partial charge in [-0.15, -0.1) is 0 Å². The van der Waals surface area contributed by atoms with E-state index in [0.29, 0.717) is 6.42 Å². The second-order valence-corrected chi connectivity index (χ2v) is 13.9. The molecule has 0 spiro atoms. The summed E-state index contributed by atoms with van der Waals surface area (Å²) >= 11 is 0. The van der Waals surface area contributed by atoms with E-state index in [1.807, 2.05) is 55.5 Å². The van der Waals surface area contributed by atoms with Crippen LogP contribution in [0, 0.1) is 22.7 Å². The van der Waals surface area contributed by atoms with Crippen LogP contribution in [0.25, 0.3) is 0 Å². The van der Waals surface area contributed by atoms with Crippen LogP contribution in [0.2, 0.25) is 0 Å². The quantitative estimate of drug-likeness (QED) is 0.175. The average Bonchev–Trinajstić information content (AvgIpc) is 3.48. The standard InChI is InChI=1S/C39H52O3/c1-29(19-16-20-30(2)21-22-35-32(4)25-33(40)26-36(35,5)6)17-14-12-10-11-13-15-18-31(3)23-24-39-37(7,8)27-34(41)28-38(39,9)42-39/h10-20,23-24,33-34,40-41H,25-28H2,1-9H3/b11-10+,14-12+,15-13+,19-16+,24-23+,29-17+,30-20+,31-18+/t33-,34+,38-,39+/m1/s1. The highest BCUT2D eigenvalue weighted by molar-refractivity contribution is 5.45. The lowest BCUT2D eigenvalue weighted by Gasteiger charge is -2.39. The van der Waals surface area contributed by atoms with E-state index in [1.54, 1.807) is 0 Å². The van der Waals surface area contributed by atoms with Crippen molar-refractivity contribution in [3.8, 4) is 11.8 Å². The zero-order valence-electron chi connectivity index (χ0n) is 27.3. The molecule has 0 bridgehead atoms. The number of aliphatic hydroxyl groups excluding tert-OH is 2. The first kappa shape index (κ1) is 33.6. The highest BCUT2D eigenvalue weighted by Crippen LogP contribution is 2.66. The Balaban J connectivity index is 1.47. The number of hydrogen-bond donors (Lipinski definition) is 2. The minimum Gasteiger partial charge on any atom is -0.393 e. The first-order chi connectivity index (χ1) is 19.6. The Morgan fingerprint density at radius 3 is 1.95 bits per heavy atom. The molecule has 2 fully saturated rings. The predicted molar refractivity (Wildman–Crippen MR) is 178 cm³/mol. The highest BCUT2D eigenvalue weighted by Gasteiger charge is 2.74. The van der Waals surface area contributed by atoms with Crippen molar-refractivity contribution in [2.24, 2.45) is 10.8 Å². The molecule has 1 aliphatic heterocycles. The largest absolute Gasteiger partial charge is 0.393 e. The molecule has 3 aliphatic rings. The van der Waals surface area contributed by atoms with Crippen molar-refractivity contribution < 1.29 is 14.9 Å². The number of ether oxygens (including phenoxy) is 1. The van der Waals surface area contributed by atoms with Crippen molar-refractivity contribution in [3.05, 3.63) is 107 Å². The zero-order chi connectivity index (χ0) is 31.2. The normalized spacial score (nSPS) is 31.9. The van der Waals surface area contributed by atoms with Gasteiger partial charge < -0.3 is 14.9 Å². The van der Waals surface area contributed by atoms with Gasteiger partial charge in [0.05, 0.1) is 12.2 Å². The molecular weight excluding hydrogens is 516 g/mol. The van der Waals surface area contributed by atoms with Crippen LogP contribution < -0.4 is 0 Å². The third-order valence-corrected chi connectivity index (χ3v) is 8.84. The van der Waals surface area contributed by atoms with Gasteiger partial charge in [0.1, 0.15) is 11.2 Å². The molecule has 3 nitrogen and oxygen atoms in total. The minimum absolute atomic E-state index is 0.0826. The predicted octanol–water partition coefficient (Wildman–Crippen LogP) is 8.82. The Labute approximate surface area is 255 Å². The Morgan fingerprint density at radius 2 is 1.36 bits per heavy atom. The first-order valence-electron chi connectivity index (χ1n) is 15.3. The van der Waals surface area contributed by atoms with Crippen molar-refractivity contribution in [1.29, 1.82) is 0 Å². The lowest BCUT2D eigenvalue weighted by molar-refractivity contribution is 0.0515. The van der Waals surface area contributed by atoms with Crippen LogP contribution >= 0.6 is 0 Å². The van der Waals surface area contributed by atoms with E-state index >= 15 is 0 Å². The lowest BCUT2D eigenvalue weighted by atomic mass is 9.63. The van der Waals surface area contributed by atoms with Gasteiger partial charge in [0.25, 0.3) is 0 Å². The number of aliphatic hydroxyl groups is 2. The summed E-state index contributed by atoms with van der Waals surface area (Å²) in [7, 11) is 0. The third kappa shape index (κ3) is 8.35. The summed E-state index contributed by atoms with van der Waals surface area (Å²) in [5, 5.41) is 20.3. The van der Waals surface area contributed by atoms with Crippen LogP contribution in [0.1, 0.15) is 88.0 Å². The molecule has 226 valence electrons. The molecule has 2 aliphatic carbocycles. The van der Waals surface area contributed by atoms with Crippen molar-refractivity contribution in [3.63, 3.8) is 0 Å². The lowest BCUT2D eigenvalue weighted by Crippen LogP contribution is -2.46. The average molecular weight is 569 g/mol. The summed E-state index contributed by atoms with van der Waals surface area (Å²) in [5.41, 5.74) is 4.97. The van der Waals surface area contributed by atoms with E-state index in [0.717, 1.165) is 36.0 Å². The van der Waals surface area contributed by atoms with Crippen LogP contribution in [0.4, 0.5) is 0 Å². The zero-order valence-corrected chi connectivity index (χ0v) is 27.3. The fourth-order valence-electron chi connectivity index (χ4n) is 6.73. The molecule has 3 rings (SSSR count). The van der Waals surface area contributed by atoms with Crippen molar-refractivity contribution in [2.45, 2.75) is 111 Å². The molecule has 4 atom stereocenters. The second kappa shape index (κ2) is 13.6. The van der Waals surface area contributed by atoms with Gasteiger partial charge in [-0.05, 0) is 65.5 Å². The third-order valence-electron chi connectivity index (χ3n) is 8.84. The van der Waals surface area contributed by atoms with Crippen molar-refractivity contribution in [1.82, 2.24) is 0 Å². The SMILES string of the molecule is CC1=C(C#C/C(C)=C/C=C/C(C)=C/C=C/C=C/C=C/C=C(C)/C=C/[C@@]23O[C@]2(C)C[C@@H](O)CC3(C)C)C(C)(C)C[C@H](O)C1. The Kier molecular flexibility index (Phi) is 10.9. The summed E-state index contributed by atoms with van der Waals surface area (Å²) in [6.45, 7) is 19.1. The number of rotatable bonds is 8. The Hall–Kier alpha value is -2.90. The molecule has 1 saturated carbocycles. The van der Waals surface area contributed by atoms with E-state index < -0.39 is 0 Å². The molecule has 0 radical (unpaired) electrons. The van der Waals surface area contributed by atoms with E-state index in [9.17, 15) is 10.2 Å². The molecule has 0 unspecified atom stereocenters. The number of fused-ring (bicyclic) bond motifs is 1. The summed E-state index contributed by atoms with van der Waals surface area (Å²) in [6, 6.07) is 0. The fraction of sp³-hybridized carbons (Fsp3) is 0.487. The molecule has 2 N–H and O–H groups in total. The van der Waals surface area contributed by atoms with Gasteiger partial charge in [-0.25, -0.2) is 0 Å². The topological polar surface area (TPSA) is 53.0 Å². The highest BCUT2D eigenvalue weighted by atomic mass is 16.6. The maximum Gasteiger partial charge on any atom is 0.121 e. The van der Waals surface area contributed by atoms with E-state index in [2.05, 4.69) is 97.6 Å². The Bertz CT molecular complexity index is 1340. The van der Waals surface area contributed by atoms with Gasteiger partial charge in [-0.1, -0.05) is 129 Å². The smallest absolute Gasteiger partial charge is 0.121 e. The molecule has 3 heteroatoms. The molecule has 42 heavy (non-hydrogen) atoms. The van der Waals surface area contributed by atoms with Crippen molar-refractivity contribution >= 4 is 0 Å². The maximum atomic E-state index is 10.2. The van der Waals surface area contributed by atoms with E-state index in [-0.39, 0.29) is 34.2 Å².